The first-order valence-corrected chi connectivity index (χ1v) is 7.42. The lowest BCUT2D eigenvalue weighted by molar-refractivity contribution is 0.477. The Morgan fingerprint density at radius 2 is 1.85 bits per heavy atom. The van der Waals surface area contributed by atoms with Crippen LogP contribution in [-0.2, 0) is 0 Å². The maximum atomic E-state index is 10.1. The number of hydrogen-bond donors (Lipinski definition) is 2. The minimum absolute atomic E-state index is 0.121. The lowest BCUT2D eigenvalue weighted by Gasteiger charge is -2.07. The molecule has 3 nitrogen and oxygen atoms in total. The Hall–Kier alpha value is -0.940. The van der Waals surface area contributed by atoms with Gasteiger partial charge in [0.25, 0.3) is 0 Å². The highest BCUT2D eigenvalue weighted by molar-refractivity contribution is 9.10. The molecule has 7 heteroatoms. The molecule has 0 amide bonds. The van der Waals surface area contributed by atoms with Gasteiger partial charge in [0.2, 0.25) is 0 Å². The summed E-state index contributed by atoms with van der Waals surface area (Å²) in [5, 5.41) is 10.7. The van der Waals surface area contributed by atoms with Crippen molar-refractivity contribution in [2.24, 2.45) is 0 Å². The second kappa shape index (κ2) is 5.11. The Morgan fingerprint density at radius 1 is 1.10 bits per heavy atom. The number of nitrogens with one attached hydrogen (secondary N) is 1. The van der Waals surface area contributed by atoms with Crippen LogP contribution >= 0.6 is 50.7 Å². The van der Waals surface area contributed by atoms with Gasteiger partial charge in [-0.3, -0.25) is 0 Å². The summed E-state index contributed by atoms with van der Waals surface area (Å²) >= 11 is 21.4. The topological polar surface area (TPSA) is 48.9 Å². The molecule has 0 radical (unpaired) electrons. The van der Waals surface area contributed by atoms with Gasteiger partial charge < -0.3 is 10.1 Å². The van der Waals surface area contributed by atoms with Gasteiger partial charge in [0.1, 0.15) is 11.6 Å². The van der Waals surface area contributed by atoms with E-state index in [1.54, 1.807) is 0 Å². The summed E-state index contributed by atoms with van der Waals surface area (Å²) in [5.41, 5.74) is 1.84. The van der Waals surface area contributed by atoms with Crippen LogP contribution in [0.25, 0.3) is 22.4 Å². The summed E-state index contributed by atoms with van der Waals surface area (Å²) < 4.78 is 0.916. The van der Waals surface area contributed by atoms with E-state index in [4.69, 9.17) is 34.8 Å². The average Bonchev–Trinajstić information content (AvgIpc) is 2.79. The van der Waals surface area contributed by atoms with E-state index in [0.717, 1.165) is 15.5 Å². The molecule has 0 unspecified atom stereocenters. The highest BCUT2D eigenvalue weighted by Gasteiger charge is 2.19. The van der Waals surface area contributed by atoms with Gasteiger partial charge in [0, 0.05) is 4.47 Å². The first-order valence-electron chi connectivity index (χ1n) is 5.49. The van der Waals surface area contributed by atoms with Crippen molar-refractivity contribution in [3.05, 3.63) is 43.8 Å². The summed E-state index contributed by atoms with van der Waals surface area (Å²) in [7, 11) is 0. The monoisotopic (exact) mass is 390 g/mol. The first kappa shape index (κ1) is 14.0. The van der Waals surface area contributed by atoms with Gasteiger partial charge in [0.15, 0.2) is 0 Å². The Labute approximate surface area is 137 Å². The number of phenolic OH excluding ortho intramolecular Hbond substituents is 1. The predicted octanol–water partition coefficient (Wildman–Crippen LogP) is 5.66. The molecule has 1 heterocycles. The van der Waals surface area contributed by atoms with Crippen molar-refractivity contribution in [3.8, 4) is 17.1 Å². The van der Waals surface area contributed by atoms with E-state index < -0.39 is 0 Å². The molecule has 0 saturated heterocycles. The van der Waals surface area contributed by atoms with Crippen molar-refractivity contribution >= 4 is 61.8 Å². The Kier molecular flexibility index (Phi) is 3.58. The summed E-state index contributed by atoms with van der Waals surface area (Å²) in [6, 6.07) is 6.99. The molecule has 0 spiro atoms. The minimum Gasteiger partial charge on any atom is -0.506 e. The molecule has 0 atom stereocenters. The van der Waals surface area contributed by atoms with Crippen molar-refractivity contribution in [1.82, 2.24) is 9.97 Å². The van der Waals surface area contributed by atoms with E-state index in [0.29, 0.717) is 5.82 Å². The number of aromatic amines is 1. The normalized spacial score (nSPS) is 11.2. The molecule has 2 N–H and O–H groups in total. The van der Waals surface area contributed by atoms with E-state index in [1.807, 2.05) is 18.2 Å². The van der Waals surface area contributed by atoms with Crippen molar-refractivity contribution in [3.63, 3.8) is 0 Å². The molecular formula is C13H6BrCl3N2O. The lowest BCUT2D eigenvalue weighted by atomic mass is 10.2. The fourth-order valence-corrected chi connectivity index (χ4v) is 2.96. The smallest absolute Gasteiger partial charge is 0.146 e. The van der Waals surface area contributed by atoms with Crippen LogP contribution in [0.2, 0.25) is 15.1 Å². The van der Waals surface area contributed by atoms with E-state index >= 15 is 0 Å². The highest BCUT2D eigenvalue weighted by Crippen LogP contribution is 2.44. The second-order valence-electron chi connectivity index (χ2n) is 4.12. The number of rotatable bonds is 1. The van der Waals surface area contributed by atoms with Crippen molar-refractivity contribution < 1.29 is 5.11 Å². The van der Waals surface area contributed by atoms with E-state index in [1.165, 1.54) is 6.07 Å². The maximum absolute atomic E-state index is 10.1. The third kappa shape index (κ3) is 2.27. The quantitative estimate of drug-likeness (QED) is 0.525. The van der Waals surface area contributed by atoms with Crippen LogP contribution in [-0.4, -0.2) is 15.1 Å². The van der Waals surface area contributed by atoms with Gasteiger partial charge in [-0.2, -0.15) is 0 Å². The summed E-state index contributed by atoms with van der Waals surface area (Å²) in [6.45, 7) is 0. The molecule has 0 saturated carbocycles. The molecule has 102 valence electrons. The van der Waals surface area contributed by atoms with Gasteiger partial charge >= 0.3 is 0 Å². The molecule has 3 aromatic rings. The Bertz CT molecular complexity index is 806. The zero-order chi connectivity index (χ0) is 14.4. The number of nitrogens with zero attached hydrogens (tertiary/aromatic N) is 1. The third-order valence-electron chi connectivity index (χ3n) is 2.83. The number of hydrogen-bond acceptors (Lipinski definition) is 2. The number of H-pyrrole nitrogens is 1. The van der Waals surface area contributed by atoms with Crippen molar-refractivity contribution in [2.75, 3.05) is 0 Å². The summed E-state index contributed by atoms with van der Waals surface area (Å²) in [4.78, 5) is 7.48. The minimum atomic E-state index is -0.154. The van der Waals surface area contributed by atoms with Crippen LogP contribution in [0.3, 0.4) is 0 Å². The largest absolute Gasteiger partial charge is 0.506 e. The number of aromatic hydroxyl groups is 1. The van der Waals surface area contributed by atoms with Crippen LogP contribution < -0.4 is 0 Å². The van der Waals surface area contributed by atoms with E-state index in [-0.39, 0.29) is 26.4 Å². The number of halogens is 4. The third-order valence-corrected chi connectivity index (χ3v) is 4.40. The molecule has 20 heavy (non-hydrogen) atoms. The molecule has 3 rings (SSSR count). The standard InChI is InChI=1S/C13H6BrCl3N2O/c14-5-1-2-8-9(3-5)19-13(18-8)10-11(17)6(15)4-7(16)12(10)20/h1-4,20H,(H,18,19). The molecular weight excluding hydrogens is 386 g/mol. The van der Waals surface area contributed by atoms with Crippen molar-refractivity contribution in [2.45, 2.75) is 0 Å². The van der Waals surface area contributed by atoms with Crippen LogP contribution in [0, 0.1) is 0 Å². The number of aromatic nitrogens is 2. The first-order chi connectivity index (χ1) is 9.47. The van der Waals surface area contributed by atoms with Gasteiger partial charge in [0.05, 0.1) is 31.7 Å². The zero-order valence-corrected chi connectivity index (χ0v) is 13.6. The van der Waals surface area contributed by atoms with Crippen LogP contribution in [0.4, 0.5) is 0 Å². The van der Waals surface area contributed by atoms with Crippen LogP contribution in [0.1, 0.15) is 0 Å². The average molecular weight is 392 g/mol. The SMILES string of the molecule is Oc1c(Cl)cc(Cl)c(Cl)c1-c1nc2ccc(Br)cc2[nH]1. The maximum Gasteiger partial charge on any atom is 0.146 e. The number of benzene rings is 2. The molecule has 0 aliphatic rings. The molecule has 0 aliphatic carbocycles. The Morgan fingerprint density at radius 3 is 2.60 bits per heavy atom. The summed E-state index contributed by atoms with van der Waals surface area (Å²) in [5.74, 6) is 0.254. The summed E-state index contributed by atoms with van der Waals surface area (Å²) in [6.07, 6.45) is 0. The number of imidazole rings is 1. The molecule has 1 aromatic heterocycles. The van der Waals surface area contributed by atoms with Gasteiger partial charge in [-0.1, -0.05) is 50.7 Å². The van der Waals surface area contributed by atoms with Crippen molar-refractivity contribution in [1.29, 1.82) is 0 Å². The predicted molar refractivity (Wildman–Crippen MR) is 85.9 cm³/mol. The molecule has 0 fully saturated rings. The van der Waals surface area contributed by atoms with E-state index in [9.17, 15) is 5.11 Å². The zero-order valence-electron chi connectivity index (χ0n) is 9.72. The highest BCUT2D eigenvalue weighted by atomic mass is 79.9. The second-order valence-corrected chi connectivity index (χ2v) is 6.23. The van der Waals surface area contributed by atoms with Crippen LogP contribution in [0.5, 0.6) is 5.75 Å². The van der Waals surface area contributed by atoms with Gasteiger partial charge in [-0.05, 0) is 24.3 Å². The van der Waals surface area contributed by atoms with Gasteiger partial charge in [-0.25, -0.2) is 4.98 Å². The number of fused-ring (bicyclic) bond motifs is 1. The number of phenols is 1. The molecule has 0 aliphatic heterocycles. The fraction of sp³-hybridized carbons (Fsp3) is 0. The lowest BCUT2D eigenvalue weighted by Crippen LogP contribution is -1.86. The van der Waals surface area contributed by atoms with E-state index in [2.05, 4.69) is 25.9 Å². The molecule has 2 aromatic carbocycles. The molecule has 0 bridgehead atoms. The van der Waals surface area contributed by atoms with Gasteiger partial charge in [-0.15, -0.1) is 0 Å². The fourth-order valence-electron chi connectivity index (χ4n) is 1.90. The Balaban J connectivity index is 2.30. The van der Waals surface area contributed by atoms with Crippen LogP contribution in [0.15, 0.2) is 28.7 Å².